The molecule has 3 aromatic rings. The fraction of sp³-hybridized carbons (Fsp3) is 0.208. The van der Waals surface area contributed by atoms with Crippen LogP contribution < -0.4 is 5.01 Å². The van der Waals surface area contributed by atoms with Gasteiger partial charge in [-0.2, -0.15) is 15.2 Å². The van der Waals surface area contributed by atoms with E-state index >= 15 is 0 Å². The third kappa shape index (κ3) is 3.52. The molecule has 0 aliphatic carbocycles. The quantitative estimate of drug-likeness (QED) is 0.470. The highest BCUT2D eigenvalue weighted by molar-refractivity contribution is 9.10. The molecule has 0 radical (unpaired) electrons. The van der Waals surface area contributed by atoms with E-state index in [0.717, 1.165) is 38.4 Å². The van der Waals surface area contributed by atoms with E-state index in [2.05, 4.69) is 52.2 Å². The number of amides is 1. The van der Waals surface area contributed by atoms with Gasteiger partial charge in [0.25, 0.3) is 5.91 Å². The first-order valence-corrected chi connectivity index (χ1v) is 10.6. The van der Waals surface area contributed by atoms with Gasteiger partial charge >= 0.3 is 0 Å². The second kappa shape index (κ2) is 7.69. The Morgan fingerprint density at radius 1 is 0.967 bits per heavy atom. The molecule has 1 amide bonds. The van der Waals surface area contributed by atoms with Gasteiger partial charge in [-0.25, -0.2) is 4.68 Å². The summed E-state index contributed by atoms with van der Waals surface area (Å²) in [6.45, 7) is 9.89. The smallest absolute Gasteiger partial charge is 0.267 e. The Hall–Kier alpha value is -2.99. The van der Waals surface area contributed by atoms with E-state index < -0.39 is 0 Å². The third-order valence-corrected chi connectivity index (χ3v) is 5.86. The first-order chi connectivity index (χ1) is 14.3. The van der Waals surface area contributed by atoms with Crippen LogP contribution in [-0.2, 0) is 4.79 Å². The zero-order chi connectivity index (χ0) is 21.6. The predicted octanol–water partition coefficient (Wildman–Crippen LogP) is 5.67. The lowest BCUT2D eigenvalue weighted by Gasteiger charge is -2.14. The Labute approximate surface area is 184 Å². The standard InChI is InChI=1S/C24H23BrN4O/c1-14-6-9-20(10-7-14)28-18(5)21(16(3)26-28)13-22-17(4)27-29(24(22)30)23-11-8-19(25)12-15(23)2/h6-13H,1-5H3/b22-13+. The first-order valence-electron chi connectivity index (χ1n) is 9.77. The third-order valence-electron chi connectivity index (χ3n) is 5.36. The highest BCUT2D eigenvalue weighted by atomic mass is 79.9. The Bertz CT molecular complexity index is 1220. The minimum absolute atomic E-state index is 0.125. The number of halogens is 1. The van der Waals surface area contributed by atoms with Crippen LogP contribution in [0, 0.1) is 27.7 Å². The van der Waals surface area contributed by atoms with Gasteiger partial charge in [-0.05, 0) is 76.6 Å². The zero-order valence-corrected chi connectivity index (χ0v) is 19.3. The summed E-state index contributed by atoms with van der Waals surface area (Å²) in [5.74, 6) is -0.125. The molecule has 4 rings (SSSR count). The van der Waals surface area contributed by atoms with E-state index in [1.165, 1.54) is 10.6 Å². The van der Waals surface area contributed by atoms with E-state index in [1.807, 2.05) is 56.7 Å². The van der Waals surface area contributed by atoms with Gasteiger partial charge in [0.2, 0.25) is 0 Å². The number of rotatable bonds is 3. The molecule has 5 nitrogen and oxygen atoms in total. The van der Waals surface area contributed by atoms with E-state index in [4.69, 9.17) is 5.10 Å². The number of anilines is 1. The van der Waals surface area contributed by atoms with Crippen molar-refractivity contribution in [2.24, 2.45) is 5.10 Å². The summed E-state index contributed by atoms with van der Waals surface area (Å²) < 4.78 is 2.89. The second-order valence-corrected chi connectivity index (χ2v) is 8.54. The van der Waals surface area contributed by atoms with E-state index in [0.29, 0.717) is 11.3 Å². The van der Waals surface area contributed by atoms with Crippen molar-refractivity contribution in [2.45, 2.75) is 34.6 Å². The monoisotopic (exact) mass is 462 g/mol. The summed E-state index contributed by atoms with van der Waals surface area (Å²) in [6, 6.07) is 14.0. The van der Waals surface area contributed by atoms with Crippen molar-refractivity contribution in [3.8, 4) is 5.69 Å². The number of aromatic nitrogens is 2. The Balaban J connectivity index is 1.73. The van der Waals surface area contributed by atoms with E-state index in [9.17, 15) is 4.79 Å². The first kappa shape index (κ1) is 20.3. The molecule has 0 fully saturated rings. The molecule has 1 aromatic heterocycles. The normalized spacial score (nSPS) is 15.3. The fourth-order valence-electron chi connectivity index (χ4n) is 3.65. The number of aryl methyl sites for hydroxylation is 3. The lowest BCUT2D eigenvalue weighted by atomic mass is 10.1. The SMILES string of the molecule is CC1=NN(c2ccc(Br)cc2C)C(=O)/C1=C/c1c(C)nn(-c2ccc(C)cc2)c1C. The summed E-state index contributed by atoms with van der Waals surface area (Å²) in [6.07, 6.45) is 1.91. The van der Waals surface area contributed by atoms with Crippen molar-refractivity contribution in [2.75, 3.05) is 5.01 Å². The van der Waals surface area contributed by atoms with Crippen molar-refractivity contribution < 1.29 is 4.79 Å². The fourth-order valence-corrected chi connectivity index (χ4v) is 4.12. The summed E-state index contributed by atoms with van der Waals surface area (Å²) in [4.78, 5) is 13.2. The second-order valence-electron chi connectivity index (χ2n) is 7.62. The van der Waals surface area contributed by atoms with Crippen LogP contribution in [0.5, 0.6) is 0 Å². The van der Waals surface area contributed by atoms with Gasteiger partial charge < -0.3 is 0 Å². The van der Waals surface area contributed by atoms with Crippen molar-refractivity contribution in [3.63, 3.8) is 0 Å². The molecule has 30 heavy (non-hydrogen) atoms. The summed E-state index contributed by atoms with van der Waals surface area (Å²) in [5.41, 5.74) is 8.07. The summed E-state index contributed by atoms with van der Waals surface area (Å²) in [7, 11) is 0. The number of carbonyl (C=O) groups excluding carboxylic acids is 1. The van der Waals surface area contributed by atoms with Crippen LogP contribution in [0.1, 0.15) is 35.0 Å². The molecule has 2 aromatic carbocycles. The average Bonchev–Trinajstić information content (AvgIpc) is 3.13. The van der Waals surface area contributed by atoms with Gasteiger partial charge in [-0.1, -0.05) is 33.6 Å². The van der Waals surface area contributed by atoms with Gasteiger partial charge in [0.1, 0.15) is 0 Å². The molecule has 0 unspecified atom stereocenters. The van der Waals surface area contributed by atoms with Gasteiger partial charge in [-0.3, -0.25) is 4.79 Å². The molecular formula is C24H23BrN4O. The zero-order valence-electron chi connectivity index (χ0n) is 17.7. The number of hydrogen-bond acceptors (Lipinski definition) is 3. The average molecular weight is 463 g/mol. The summed E-state index contributed by atoms with van der Waals surface area (Å²) in [5, 5.41) is 10.7. The lowest BCUT2D eigenvalue weighted by molar-refractivity contribution is -0.114. The highest BCUT2D eigenvalue weighted by Gasteiger charge is 2.30. The minimum atomic E-state index is -0.125. The molecule has 0 N–H and O–H groups in total. The summed E-state index contributed by atoms with van der Waals surface area (Å²) >= 11 is 3.47. The number of hydrogen-bond donors (Lipinski definition) is 0. The van der Waals surface area contributed by atoms with Crippen molar-refractivity contribution >= 4 is 39.3 Å². The molecule has 0 saturated heterocycles. The van der Waals surface area contributed by atoms with Crippen molar-refractivity contribution in [1.82, 2.24) is 9.78 Å². The molecule has 6 heteroatoms. The molecule has 1 aliphatic rings. The Morgan fingerprint density at radius 2 is 1.67 bits per heavy atom. The van der Waals surface area contributed by atoms with Crippen LogP contribution in [0.2, 0.25) is 0 Å². The van der Waals surface area contributed by atoms with Crippen molar-refractivity contribution in [3.05, 3.63) is 80.6 Å². The van der Waals surface area contributed by atoms with Crippen LogP contribution in [0.3, 0.4) is 0 Å². The topological polar surface area (TPSA) is 50.5 Å². The van der Waals surface area contributed by atoms with Gasteiger partial charge in [0.05, 0.1) is 28.4 Å². The highest BCUT2D eigenvalue weighted by Crippen LogP contribution is 2.30. The maximum absolute atomic E-state index is 13.2. The Morgan fingerprint density at radius 3 is 2.33 bits per heavy atom. The lowest BCUT2D eigenvalue weighted by Crippen LogP contribution is -2.22. The van der Waals surface area contributed by atoms with Crippen molar-refractivity contribution in [1.29, 1.82) is 0 Å². The van der Waals surface area contributed by atoms with Crippen LogP contribution in [0.25, 0.3) is 11.8 Å². The van der Waals surface area contributed by atoms with Crippen LogP contribution in [0.4, 0.5) is 5.69 Å². The molecule has 152 valence electrons. The van der Waals surface area contributed by atoms with Gasteiger partial charge in [0, 0.05) is 15.7 Å². The number of carbonyl (C=O) groups is 1. The molecule has 0 spiro atoms. The van der Waals surface area contributed by atoms with Crippen LogP contribution in [-0.4, -0.2) is 21.4 Å². The van der Waals surface area contributed by atoms with E-state index in [-0.39, 0.29) is 5.91 Å². The van der Waals surface area contributed by atoms with Gasteiger partial charge in [-0.15, -0.1) is 0 Å². The number of benzene rings is 2. The molecular weight excluding hydrogens is 440 g/mol. The molecule has 0 saturated carbocycles. The van der Waals surface area contributed by atoms with Crippen LogP contribution in [0.15, 0.2) is 57.6 Å². The number of hydrazone groups is 1. The molecule has 2 heterocycles. The minimum Gasteiger partial charge on any atom is -0.267 e. The van der Waals surface area contributed by atoms with Crippen LogP contribution >= 0.6 is 15.9 Å². The predicted molar refractivity (Wildman–Crippen MR) is 125 cm³/mol. The van der Waals surface area contributed by atoms with Gasteiger partial charge in [0.15, 0.2) is 0 Å². The molecule has 0 atom stereocenters. The molecule has 1 aliphatic heterocycles. The number of nitrogens with zero attached hydrogens (tertiary/aromatic N) is 4. The Kier molecular flexibility index (Phi) is 5.20. The molecule has 0 bridgehead atoms. The van der Waals surface area contributed by atoms with E-state index in [1.54, 1.807) is 0 Å². The maximum Gasteiger partial charge on any atom is 0.280 e. The maximum atomic E-state index is 13.2. The largest absolute Gasteiger partial charge is 0.280 e.